The van der Waals surface area contributed by atoms with Gasteiger partial charge in [-0.05, 0) is 33.1 Å². The van der Waals surface area contributed by atoms with E-state index in [1.54, 1.807) is 7.05 Å². The summed E-state index contributed by atoms with van der Waals surface area (Å²) in [6.45, 7) is 7.61. The summed E-state index contributed by atoms with van der Waals surface area (Å²) in [5.41, 5.74) is 0. The molecule has 0 rings (SSSR count). The van der Waals surface area contributed by atoms with Gasteiger partial charge in [0, 0.05) is 39.8 Å². The molecule has 0 atom stereocenters. The Balaban J connectivity index is 3.42. The van der Waals surface area contributed by atoms with Gasteiger partial charge in [0.25, 0.3) is 0 Å². The van der Waals surface area contributed by atoms with Crippen molar-refractivity contribution in [1.82, 2.24) is 10.6 Å². The van der Waals surface area contributed by atoms with Crippen LogP contribution >= 0.6 is 0 Å². The highest BCUT2D eigenvalue weighted by Crippen LogP contribution is 2.03. The highest BCUT2D eigenvalue weighted by atomic mass is 16.5. The Morgan fingerprint density at radius 1 is 0.955 bits per heavy atom. The van der Waals surface area contributed by atoms with Crippen molar-refractivity contribution in [2.24, 2.45) is 4.99 Å². The highest BCUT2D eigenvalue weighted by molar-refractivity contribution is 5.79. The molecule has 0 aromatic heterocycles. The summed E-state index contributed by atoms with van der Waals surface area (Å²) < 4.78 is 10.2. The van der Waals surface area contributed by atoms with Gasteiger partial charge in [-0.25, -0.2) is 0 Å². The van der Waals surface area contributed by atoms with Gasteiger partial charge in [0.15, 0.2) is 5.96 Å². The van der Waals surface area contributed by atoms with Crippen LogP contribution in [-0.2, 0) is 14.3 Å². The Morgan fingerprint density at radius 2 is 1.64 bits per heavy atom. The molecule has 0 fully saturated rings. The van der Waals surface area contributed by atoms with Crippen LogP contribution in [0.15, 0.2) is 4.99 Å². The molecule has 0 amide bonds. The van der Waals surface area contributed by atoms with Crippen molar-refractivity contribution in [3.63, 3.8) is 0 Å². The molecular formula is C16H33N3O3. The van der Waals surface area contributed by atoms with Gasteiger partial charge in [-0.2, -0.15) is 0 Å². The van der Waals surface area contributed by atoms with Gasteiger partial charge < -0.3 is 20.1 Å². The maximum absolute atomic E-state index is 11.2. The minimum absolute atomic E-state index is 0.0859. The summed E-state index contributed by atoms with van der Waals surface area (Å²) in [6.07, 6.45) is 5.65. The molecule has 22 heavy (non-hydrogen) atoms. The van der Waals surface area contributed by atoms with Crippen LogP contribution in [-0.4, -0.2) is 51.9 Å². The van der Waals surface area contributed by atoms with E-state index in [0.717, 1.165) is 64.4 Å². The van der Waals surface area contributed by atoms with Crippen LogP contribution in [0.3, 0.4) is 0 Å². The number of nitrogens with zero attached hydrogens (tertiary/aromatic N) is 1. The minimum atomic E-state index is -0.0859. The van der Waals surface area contributed by atoms with E-state index in [9.17, 15) is 4.79 Å². The average Bonchev–Trinajstić information content (AvgIpc) is 2.52. The number of unbranched alkanes of at least 4 members (excludes halogenated alkanes) is 3. The number of carbonyl (C=O) groups excluding carboxylic acids is 1. The van der Waals surface area contributed by atoms with Crippen molar-refractivity contribution in [2.75, 3.05) is 40.0 Å². The number of hydrogen-bond donors (Lipinski definition) is 2. The van der Waals surface area contributed by atoms with Gasteiger partial charge in [0.05, 0.1) is 6.61 Å². The Hall–Kier alpha value is -1.30. The molecule has 130 valence electrons. The van der Waals surface area contributed by atoms with Crippen LogP contribution in [0.4, 0.5) is 0 Å². The summed E-state index contributed by atoms with van der Waals surface area (Å²) in [5.74, 6) is 0.750. The van der Waals surface area contributed by atoms with Gasteiger partial charge in [0.1, 0.15) is 0 Å². The number of carbonyl (C=O) groups is 1. The molecule has 0 aliphatic heterocycles. The molecule has 0 aliphatic rings. The maximum Gasteiger partial charge on any atom is 0.305 e. The van der Waals surface area contributed by atoms with E-state index < -0.39 is 0 Å². The van der Waals surface area contributed by atoms with Crippen molar-refractivity contribution in [1.29, 1.82) is 0 Å². The predicted molar refractivity (Wildman–Crippen MR) is 90.2 cm³/mol. The smallest absolute Gasteiger partial charge is 0.305 e. The lowest BCUT2D eigenvalue weighted by Gasteiger charge is -2.11. The lowest BCUT2D eigenvalue weighted by atomic mass is 10.1. The first-order valence-corrected chi connectivity index (χ1v) is 8.42. The van der Waals surface area contributed by atoms with Crippen molar-refractivity contribution in [3.05, 3.63) is 0 Å². The number of nitrogens with one attached hydrogen (secondary N) is 2. The molecule has 0 aliphatic carbocycles. The van der Waals surface area contributed by atoms with E-state index in [0.29, 0.717) is 13.0 Å². The third kappa shape index (κ3) is 13.7. The summed E-state index contributed by atoms with van der Waals surface area (Å²) in [7, 11) is 1.78. The highest BCUT2D eigenvalue weighted by Gasteiger charge is 2.01. The van der Waals surface area contributed by atoms with Crippen LogP contribution in [0.5, 0.6) is 0 Å². The van der Waals surface area contributed by atoms with E-state index in [-0.39, 0.29) is 5.97 Å². The van der Waals surface area contributed by atoms with Crippen LogP contribution in [0.1, 0.15) is 52.4 Å². The molecule has 6 heteroatoms. The van der Waals surface area contributed by atoms with Gasteiger partial charge in [-0.3, -0.25) is 9.79 Å². The Kier molecular flexibility index (Phi) is 15.1. The summed E-state index contributed by atoms with van der Waals surface area (Å²) in [5, 5.41) is 6.54. The first-order valence-electron chi connectivity index (χ1n) is 8.42. The molecular weight excluding hydrogens is 282 g/mol. The van der Waals surface area contributed by atoms with Crippen molar-refractivity contribution >= 4 is 11.9 Å². The topological polar surface area (TPSA) is 72.0 Å². The van der Waals surface area contributed by atoms with Crippen molar-refractivity contribution in [2.45, 2.75) is 52.4 Å². The molecule has 0 saturated carbocycles. The molecule has 0 spiro atoms. The van der Waals surface area contributed by atoms with E-state index in [1.165, 1.54) is 0 Å². The number of guanidine groups is 1. The third-order valence-electron chi connectivity index (χ3n) is 3.09. The first-order chi connectivity index (χ1) is 10.7. The summed E-state index contributed by atoms with van der Waals surface area (Å²) >= 11 is 0. The number of aliphatic imine (C=N–C) groups is 1. The fourth-order valence-electron chi connectivity index (χ4n) is 1.93. The fourth-order valence-corrected chi connectivity index (χ4v) is 1.93. The maximum atomic E-state index is 11.2. The molecule has 6 nitrogen and oxygen atoms in total. The first kappa shape index (κ1) is 20.7. The molecule has 0 radical (unpaired) electrons. The normalized spacial score (nSPS) is 11.3. The Bertz CT molecular complexity index is 296. The van der Waals surface area contributed by atoms with E-state index >= 15 is 0 Å². The van der Waals surface area contributed by atoms with E-state index in [2.05, 4.69) is 15.6 Å². The number of rotatable bonds is 13. The SMILES string of the molecule is CCOCCCNC(=NC)NCCCCCCC(=O)OCC. The fraction of sp³-hybridized carbons (Fsp3) is 0.875. The molecule has 0 saturated heterocycles. The molecule has 0 bridgehead atoms. The summed E-state index contributed by atoms with van der Waals surface area (Å²) in [6, 6.07) is 0. The van der Waals surface area contributed by atoms with E-state index in [1.807, 2.05) is 13.8 Å². The average molecular weight is 315 g/mol. The molecule has 0 aromatic rings. The lowest BCUT2D eigenvalue weighted by molar-refractivity contribution is -0.143. The molecule has 0 unspecified atom stereocenters. The summed E-state index contributed by atoms with van der Waals surface area (Å²) in [4.78, 5) is 15.3. The zero-order valence-electron chi connectivity index (χ0n) is 14.5. The van der Waals surface area contributed by atoms with Crippen LogP contribution in [0, 0.1) is 0 Å². The molecule has 0 heterocycles. The minimum Gasteiger partial charge on any atom is -0.466 e. The quantitative estimate of drug-likeness (QED) is 0.236. The molecule has 2 N–H and O–H groups in total. The monoisotopic (exact) mass is 315 g/mol. The number of ether oxygens (including phenoxy) is 2. The number of hydrogen-bond acceptors (Lipinski definition) is 4. The lowest BCUT2D eigenvalue weighted by Crippen LogP contribution is -2.38. The van der Waals surface area contributed by atoms with Gasteiger partial charge >= 0.3 is 5.97 Å². The second-order valence-electron chi connectivity index (χ2n) is 4.95. The van der Waals surface area contributed by atoms with Crippen LogP contribution in [0.25, 0.3) is 0 Å². The largest absolute Gasteiger partial charge is 0.466 e. The van der Waals surface area contributed by atoms with E-state index in [4.69, 9.17) is 9.47 Å². The second kappa shape index (κ2) is 16.1. The van der Waals surface area contributed by atoms with Gasteiger partial charge in [-0.15, -0.1) is 0 Å². The molecule has 0 aromatic carbocycles. The van der Waals surface area contributed by atoms with Crippen LogP contribution in [0.2, 0.25) is 0 Å². The third-order valence-corrected chi connectivity index (χ3v) is 3.09. The van der Waals surface area contributed by atoms with Crippen molar-refractivity contribution in [3.8, 4) is 0 Å². The van der Waals surface area contributed by atoms with Crippen LogP contribution < -0.4 is 10.6 Å². The number of esters is 1. The zero-order chi connectivity index (χ0) is 16.5. The van der Waals surface area contributed by atoms with Crippen molar-refractivity contribution < 1.29 is 14.3 Å². The standard InChI is InChI=1S/C16H33N3O3/c1-4-21-14-10-13-19-16(17-3)18-12-9-7-6-8-11-15(20)22-5-2/h4-14H2,1-3H3,(H2,17,18,19). The predicted octanol–water partition coefficient (Wildman–Crippen LogP) is 2.09. The van der Waals surface area contributed by atoms with Gasteiger partial charge in [-0.1, -0.05) is 12.8 Å². The Labute approximate surface area is 135 Å². The Morgan fingerprint density at radius 3 is 2.27 bits per heavy atom. The second-order valence-corrected chi connectivity index (χ2v) is 4.95. The van der Waals surface area contributed by atoms with Gasteiger partial charge in [0.2, 0.25) is 0 Å². The zero-order valence-corrected chi connectivity index (χ0v) is 14.5.